The van der Waals surface area contributed by atoms with E-state index in [0.29, 0.717) is 12.0 Å². The molecule has 23 heavy (non-hydrogen) atoms. The minimum absolute atomic E-state index is 0.318. The van der Waals surface area contributed by atoms with Gasteiger partial charge in [0.05, 0.1) is 25.3 Å². The molecule has 2 heterocycles. The third kappa shape index (κ3) is 4.00. The van der Waals surface area contributed by atoms with E-state index in [1.807, 2.05) is 25.1 Å². The van der Waals surface area contributed by atoms with Crippen molar-refractivity contribution in [2.45, 2.75) is 19.9 Å². The maximum Gasteiger partial charge on any atom is 0.335 e. The number of rotatable bonds is 5. The van der Waals surface area contributed by atoms with Crippen LogP contribution >= 0.6 is 0 Å². The predicted octanol–water partition coefficient (Wildman–Crippen LogP) is 2.71. The molecule has 0 atom stereocenters. The fourth-order valence-corrected chi connectivity index (χ4v) is 2.80. The summed E-state index contributed by atoms with van der Waals surface area (Å²) in [5, 5.41) is 9.02. The molecule has 5 heteroatoms. The van der Waals surface area contributed by atoms with Crippen molar-refractivity contribution in [2.75, 3.05) is 26.3 Å². The van der Waals surface area contributed by atoms with Crippen molar-refractivity contribution in [3.8, 4) is 0 Å². The molecule has 1 aliphatic rings. The number of hydrogen-bond donors (Lipinski definition) is 1. The van der Waals surface area contributed by atoms with Crippen LogP contribution in [0.4, 0.5) is 0 Å². The SMILES string of the molecule is Cc1cc(C(=O)O)ccc1Cc1ccc(CN2CCOCC2)o1. The van der Waals surface area contributed by atoms with E-state index in [4.69, 9.17) is 14.3 Å². The molecular formula is C18H21NO4. The summed E-state index contributed by atoms with van der Waals surface area (Å²) in [5.74, 6) is 0.964. The van der Waals surface area contributed by atoms with Gasteiger partial charge in [0.15, 0.2) is 0 Å². The molecule has 3 rings (SSSR count). The molecular weight excluding hydrogens is 294 g/mol. The number of aryl methyl sites for hydroxylation is 1. The highest BCUT2D eigenvalue weighted by Crippen LogP contribution is 2.19. The number of furan rings is 1. The van der Waals surface area contributed by atoms with Gasteiger partial charge in [0, 0.05) is 19.5 Å². The first-order chi connectivity index (χ1) is 11.1. The lowest BCUT2D eigenvalue weighted by atomic mass is 10.0. The molecule has 1 saturated heterocycles. The van der Waals surface area contributed by atoms with Crippen LogP contribution in [0, 0.1) is 6.92 Å². The van der Waals surface area contributed by atoms with Crippen molar-refractivity contribution >= 4 is 5.97 Å². The van der Waals surface area contributed by atoms with Gasteiger partial charge in [-0.05, 0) is 42.3 Å². The van der Waals surface area contributed by atoms with Crippen molar-refractivity contribution in [1.82, 2.24) is 4.90 Å². The zero-order chi connectivity index (χ0) is 16.2. The molecule has 0 saturated carbocycles. The van der Waals surface area contributed by atoms with Crippen LogP contribution in [-0.4, -0.2) is 42.3 Å². The Morgan fingerprint density at radius 1 is 1.17 bits per heavy atom. The molecule has 2 aromatic rings. The molecule has 0 radical (unpaired) electrons. The third-order valence-electron chi connectivity index (χ3n) is 4.15. The molecule has 0 spiro atoms. The Hall–Kier alpha value is -2.11. The standard InChI is InChI=1S/C18H21NO4/c1-13-10-15(18(20)21)3-2-14(13)11-16-4-5-17(23-16)12-19-6-8-22-9-7-19/h2-5,10H,6-9,11-12H2,1H3,(H,20,21). The van der Waals surface area contributed by atoms with E-state index in [0.717, 1.165) is 55.5 Å². The number of carbonyl (C=O) groups is 1. The number of ether oxygens (including phenoxy) is 1. The fourth-order valence-electron chi connectivity index (χ4n) is 2.80. The second-order valence-electron chi connectivity index (χ2n) is 5.88. The van der Waals surface area contributed by atoms with Gasteiger partial charge >= 0.3 is 5.97 Å². The Kier molecular flexibility index (Phi) is 4.79. The molecule has 1 N–H and O–H groups in total. The van der Waals surface area contributed by atoms with Gasteiger partial charge in [-0.1, -0.05) is 6.07 Å². The summed E-state index contributed by atoms with van der Waals surface area (Å²) in [4.78, 5) is 13.3. The zero-order valence-corrected chi connectivity index (χ0v) is 13.2. The first kappa shape index (κ1) is 15.8. The summed E-state index contributed by atoms with van der Waals surface area (Å²) in [5.41, 5.74) is 2.37. The average molecular weight is 315 g/mol. The van der Waals surface area contributed by atoms with E-state index in [1.165, 1.54) is 0 Å². The first-order valence-electron chi connectivity index (χ1n) is 7.82. The Morgan fingerprint density at radius 3 is 2.61 bits per heavy atom. The van der Waals surface area contributed by atoms with Crippen molar-refractivity contribution in [3.05, 3.63) is 58.5 Å². The minimum Gasteiger partial charge on any atom is -0.478 e. The minimum atomic E-state index is -0.898. The number of nitrogens with zero attached hydrogens (tertiary/aromatic N) is 1. The van der Waals surface area contributed by atoms with Crippen LogP contribution in [0.5, 0.6) is 0 Å². The number of hydrogen-bond acceptors (Lipinski definition) is 4. The van der Waals surface area contributed by atoms with Crippen LogP contribution < -0.4 is 0 Å². The number of carboxylic acid groups (broad SMARTS) is 1. The second kappa shape index (κ2) is 6.98. The van der Waals surface area contributed by atoms with Gasteiger partial charge < -0.3 is 14.3 Å². The summed E-state index contributed by atoms with van der Waals surface area (Å²) in [6.45, 7) is 6.17. The van der Waals surface area contributed by atoms with Gasteiger partial charge in [0.2, 0.25) is 0 Å². The smallest absolute Gasteiger partial charge is 0.335 e. The van der Waals surface area contributed by atoms with E-state index in [9.17, 15) is 4.79 Å². The second-order valence-corrected chi connectivity index (χ2v) is 5.88. The molecule has 5 nitrogen and oxygen atoms in total. The summed E-state index contributed by atoms with van der Waals surface area (Å²) in [6, 6.07) is 9.23. The van der Waals surface area contributed by atoms with Crippen LogP contribution in [0.1, 0.15) is 33.0 Å². The molecule has 1 aliphatic heterocycles. The summed E-state index contributed by atoms with van der Waals surface area (Å²) in [6.07, 6.45) is 0.675. The van der Waals surface area contributed by atoms with Gasteiger partial charge in [-0.3, -0.25) is 4.90 Å². The van der Waals surface area contributed by atoms with Gasteiger partial charge in [0.1, 0.15) is 11.5 Å². The molecule has 1 aromatic heterocycles. The lowest BCUT2D eigenvalue weighted by Crippen LogP contribution is -2.35. The highest BCUT2D eigenvalue weighted by atomic mass is 16.5. The van der Waals surface area contributed by atoms with Crippen LogP contribution in [0.25, 0.3) is 0 Å². The fraction of sp³-hybridized carbons (Fsp3) is 0.389. The predicted molar refractivity (Wildman–Crippen MR) is 85.7 cm³/mol. The Bertz CT molecular complexity index is 686. The molecule has 0 unspecified atom stereocenters. The zero-order valence-electron chi connectivity index (χ0n) is 13.2. The van der Waals surface area contributed by atoms with Gasteiger partial charge in [-0.2, -0.15) is 0 Å². The van der Waals surface area contributed by atoms with Crippen LogP contribution in [0.15, 0.2) is 34.7 Å². The maximum atomic E-state index is 11.0. The lowest BCUT2D eigenvalue weighted by molar-refractivity contribution is 0.0312. The van der Waals surface area contributed by atoms with Crippen molar-refractivity contribution < 1.29 is 19.1 Å². The number of aromatic carboxylic acids is 1. The number of carboxylic acids is 1. The van der Waals surface area contributed by atoms with Gasteiger partial charge in [-0.25, -0.2) is 4.79 Å². The normalized spacial score (nSPS) is 15.7. The topological polar surface area (TPSA) is 62.9 Å². The monoisotopic (exact) mass is 315 g/mol. The summed E-state index contributed by atoms with van der Waals surface area (Å²) < 4.78 is 11.3. The van der Waals surface area contributed by atoms with Crippen LogP contribution in [0.2, 0.25) is 0 Å². The number of morpholine rings is 1. The van der Waals surface area contributed by atoms with Crippen molar-refractivity contribution in [3.63, 3.8) is 0 Å². The highest BCUT2D eigenvalue weighted by Gasteiger charge is 2.13. The summed E-state index contributed by atoms with van der Waals surface area (Å²) >= 11 is 0. The Morgan fingerprint density at radius 2 is 1.91 bits per heavy atom. The van der Waals surface area contributed by atoms with E-state index >= 15 is 0 Å². The molecule has 0 aliphatic carbocycles. The molecule has 1 aromatic carbocycles. The van der Waals surface area contributed by atoms with Gasteiger partial charge in [-0.15, -0.1) is 0 Å². The average Bonchev–Trinajstić information content (AvgIpc) is 2.97. The highest BCUT2D eigenvalue weighted by molar-refractivity contribution is 5.87. The molecule has 0 bridgehead atoms. The molecule has 122 valence electrons. The van der Waals surface area contributed by atoms with Crippen molar-refractivity contribution in [2.24, 2.45) is 0 Å². The summed E-state index contributed by atoms with van der Waals surface area (Å²) in [7, 11) is 0. The Balaban J connectivity index is 1.65. The van der Waals surface area contributed by atoms with E-state index in [-0.39, 0.29) is 0 Å². The van der Waals surface area contributed by atoms with E-state index in [2.05, 4.69) is 4.90 Å². The van der Waals surface area contributed by atoms with E-state index < -0.39 is 5.97 Å². The lowest BCUT2D eigenvalue weighted by Gasteiger charge is -2.25. The van der Waals surface area contributed by atoms with E-state index in [1.54, 1.807) is 12.1 Å². The molecule has 0 amide bonds. The van der Waals surface area contributed by atoms with Crippen molar-refractivity contribution in [1.29, 1.82) is 0 Å². The quantitative estimate of drug-likeness (QED) is 0.919. The maximum absolute atomic E-state index is 11.0. The van der Waals surface area contributed by atoms with Crippen LogP contribution in [0.3, 0.4) is 0 Å². The first-order valence-corrected chi connectivity index (χ1v) is 7.82. The largest absolute Gasteiger partial charge is 0.478 e. The number of benzene rings is 1. The van der Waals surface area contributed by atoms with Gasteiger partial charge in [0.25, 0.3) is 0 Å². The van der Waals surface area contributed by atoms with Crippen LogP contribution in [-0.2, 0) is 17.7 Å². The molecule has 1 fully saturated rings. The third-order valence-corrected chi connectivity index (χ3v) is 4.15. The Labute approximate surface area is 135 Å².